The summed E-state index contributed by atoms with van der Waals surface area (Å²) in [5.74, 6) is 1.69. The van der Waals surface area contributed by atoms with Gasteiger partial charge >= 0.3 is 0 Å². The zero-order chi connectivity index (χ0) is 21.1. The third-order valence-corrected chi connectivity index (χ3v) is 6.21. The predicted octanol–water partition coefficient (Wildman–Crippen LogP) is 3.77. The maximum absolute atomic E-state index is 12.7. The van der Waals surface area contributed by atoms with E-state index in [2.05, 4.69) is 12.1 Å². The van der Waals surface area contributed by atoms with Gasteiger partial charge in [-0.1, -0.05) is 37.3 Å². The zero-order valence-corrected chi connectivity index (χ0v) is 17.9. The van der Waals surface area contributed by atoms with Crippen LogP contribution in [0.3, 0.4) is 0 Å². The van der Waals surface area contributed by atoms with Crippen molar-refractivity contribution in [1.82, 2.24) is 14.9 Å². The maximum Gasteiger partial charge on any atom is 0.232 e. The first-order valence-electron chi connectivity index (χ1n) is 11.1. The van der Waals surface area contributed by atoms with Gasteiger partial charge in [0, 0.05) is 30.8 Å². The molecule has 0 N–H and O–H groups in total. The molecule has 2 amide bonds. The van der Waals surface area contributed by atoms with Crippen LogP contribution in [0.2, 0.25) is 0 Å². The van der Waals surface area contributed by atoms with Crippen LogP contribution in [0.25, 0.3) is 0 Å². The normalized spacial score (nSPS) is 18.6. The predicted molar refractivity (Wildman–Crippen MR) is 116 cm³/mol. The fraction of sp³-hybridized carbons (Fsp3) is 0.500. The molecule has 4 rings (SSSR count). The van der Waals surface area contributed by atoms with Gasteiger partial charge in [-0.25, -0.2) is 9.97 Å². The third-order valence-electron chi connectivity index (χ3n) is 6.21. The first-order chi connectivity index (χ1) is 14.6. The second-order valence-electron chi connectivity index (χ2n) is 8.23. The van der Waals surface area contributed by atoms with Crippen LogP contribution < -0.4 is 4.90 Å². The highest BCUT2D eigenvalue weighted by atomic mass is 16.2. The van der Waals surface area contributed by atoms with Crippen LogP contribution in [0.4, 0.5) is 5.82 Å². The molecular formula is C24H30N4O2. The van der Waals surface area contributed by atoms with Crippen molar-refractivity contribution in [2.24, 2.45) is 0 Å². The minimum Gasteiger partial charge on any atom is -0.332 e. The highest BCUT2D eigenvalue weighted by Crippen LogP contribution is 2.34. The molecule has 0 unspecified atom stereocenters. The maximum atomic E-state index is 12.7. The van der Waals surface area contributed by atoms with Crippen LogP contribution in [0.1, 0.15) is 67.7 Å². The number of aryl methyl sites for hydroxylation is 2. The largest absolute Gasteiger partial charge is 0.332 e. The third kappa shape index (κ3) is 4.09. The number of amides is 2. The molecule has 1 atom stereocenters. The molecular weight excluding hydrogens is 376 g/mol. The molecule has 158 valence electrons. The lowest BCUT2D eigenvalue weighted by Crippen LogP contribution is -2.39. The molecule has 1 aromatic heterocycles. The van der Waals surface area contributed by atoms with Crippen molar-refractivity contribution < 1.29 is 9.59 Å². The second-order valence-corrected chi connectivity index (χ2v) is 8.23. The molecule has 0 saturated carbocycles. The van der Waals surface area contributed by atoms with Crippen molar-refractivity contribution in [2.45, 2.75) is 64.8 Å². The average Bonchev–Trinajstić information content (AvgIpc) is 3.10. The number of piperidine rings is 1. The minimum atomic E-state index is -0.0860. The summed E-state index contributed by atoms with van der Waals surface area (Å²) in [6.45, 7) is 5.27. The smallest absolute Gasteiger partial charge is 0.232 e. The van der Waals surface area contributed by atoms with Gasteiger partial charge in [0.25, 0.3) is 0 Å². The van der Waals surface area contributed by atoms with Crippen molar-refractivity contribution in [3.63, 3.8) is 0 Å². The molecule has 0 bridgehead atoms. The highest BCUT2D eigenvalue weighted by Gasteiger charge is 2.34. The van der Waals surface area contributed by atoms with Gasteiger partial charge in [0.15, 0.2) is 5.82 Å². The Morgan fingerprint density at radius 2 is 1.97 bits per heavy atom. The lowest BCUT2D eigenvalue weighted by molar-refractivity contribution is -0.135. The lowest BCUT2D eigenvalue weighted by Gasteiger charge is -2.35. The first-order valence-corrected chi connectivity index (χ1v) is 11.1. The molecule has 1 saturated heterocycles. The van der Waals surface area contributed by atoms with Crippen LogP contribution >= 0.6 is 0 Å². The van der Waals surface area contributed by atoms with E-state index in [1.807, 2.05) is 41.8 Å². The number of hydrogen-bond acceptors (Lipinski definition) is 4. The molecule has 0 radical (unpaired) electrons. The number of fused-ring (bicyclic) bond motifs is 1. The summed E-state index contributed by atoms with van der Waals surface area (Å²) in [5, 5.41) is 0. The van der Waals surface area contributed by atoms with Crippen molar-refractivity contribution in [1.29, 1.82) is 0 Å². The lowest BCUT2D eigenvalue weighted by atomic mass is 10.0. The number of rotatable bonds is 6. The number of anilines is 1. The molecule has 6 nitrogen and oxygen atoms in total. The Labute approximate surface area is 178 Å². The Kier molecular flexibility index (Phi) is 6.11. The first kappa shape index (κ1) is 20.5. The van der Waals surface area contributed by atoms with E-state index in [4.69, 9.17) is 9.97 Å². The summed E-state index contributed by atoms with van der Waals surface area (Å²) in [4.78, 5) is 38.6. The van der Waals surface area contributed by atoms with E-state index in [1.54, 1.807) is 0 Å². The zero-order valence-electron chi connectivity index (χ0n) is 17.9. The Balaban J connectivity index is 1.56. The van der Waals surface area contributed by atoms with Crippen LogP contribution in [0.5, 0.6) is 0 Å². The SMILES string of the molecule is CCC(=O)N1CCCC[C@H]1c1nc(C)c2c(n1)N(CCCc1ccccc1)C(=O)C2. The van der Waals surface area contributed by atoms with Crippen LogP contribution in [0.15, 0.2) is 30.3 Å². The number of carbonyl (C=O) groups is 2. The van der Waals surface area contributed by atoms with Gasteiger partial charge in [0.1, 0.15) is 5.82 Å². The summed E-state index contributed by atoms with van der Waals surface area (Å²) >= 11 is 0. The standard InChI is InChI=1S/C24H30N4O2/c1-3-21(29)27-14-8-7-13-20(27)23-25-17(2)19-16-22(30)28(24(19)26-23)15-9-12-18-10-5-4-6-11-18/h4-6,10-11,20H,3,7-9,12-16H2,1-2H3/t20-/m0/s1. The van der Waals surface area contributed by atoms with E-state index in [9.17, 15) is 9.59 Å². The summed E-state index contributed by atoms with van der Waals surface area (Å²) in [7, 11) is 0. The van der Waals surface area contributed by atoms with E-state index in [0.29, 0.717) is 25.2 Å². The van der Waals surface area contributed by atoms with Crippen molar-refractivity contribution in [3.8, 4) is 0 Å². The minimum absolute atomic E-state index is 0.0860. The number of carbonyl (C=O) groups excluding carboxylic acids is 2. The molecule has 3 heterocycles. The van der Waals surface area contributed by atoms with Crippen LogP contribution in [-0.4, -0.2) is 39.8 Å². The van der Waals surface area contributed by atoms with Gasteiger partial charge in [-0.2, -0.15) is 0 Å². The number of benzene rings is 1. The number of hydrogen-bond donors (Lipinski definition) is 0. The van der Waals surface area contributed by atoms with Gasteiger partial charge in [-0.15, -0.1) is 0 Å². The van der Waals surface area contributed by atoms with E-state index < -0.39 is 0 Å². The van der Waals surface area contributed by atoms with Crippen molar-refractivity contribution in [3.05, 3.63) is 53.0 Å². The molecule has 2 aliphatic heterocycles. The summed E-state index contributed by atoms with van der Waals surface area (Å²) < 4.78 is 0. The van der Waals surface area contributed by atoms with Gasteiger partial charge in [-0.3, -0.25) is 14.5 Å². The fourth-order valence-electron chi connectivity index (χ4n) is 4.56. The topological polar surface area (TPSA) is 66.4 Å². The van der Waals surface area contributed by atoms with Gasteiger partial charge in [0.2, 0.25) is 11.8 Å². The van der Waals surface area contributed by atoms with Gasteiger partial charge in [-0.05, 0) is 44.6 Å². The fourth-order valence-corrected chi connectivity index (χ4v) is 4.56. The summed E-state index contributed by atoms with van der Waals surface area (Å²) in [6.07, 6.45) is 5.65. The molecule has 0 spiro atoms. The highest BCUT2D eigenvalue weighted by molar-refractivity contribution is 6.00. The molecule has 30 heavy (non-hydrogen) atoms. The van der Waals surface area contributed by atoms with E-state index in [1.165, 1.54) is 5.56 Å². The van der Waals surface area contributed by atoms with E-state index >= 15 is 0 Å². The molecule has 1 fully saturated rings. The monoisotopic (exact) mass is 406 g/mol. The molecule has 1 aromatic carbocycles. The number of aromatic nitrogens is 2. The average molecular weight is 407 g/mol. The van der Waals surface area contributed by atoms with Gasteiger partial charge < -0.3 is 4.90 Å². The van der Waals surface area contributed by atoms with Gasteiger partial charge in [0.05, 0.1) is 12.5 Å². The van der Waals surface area contributed by atoms with E-state index in [-0.39, 0.29) is 17.9 Å². The second kappa shape index (κ2) is 8.94. The Bertz CT molecular complexity index is 928. The number of nitrogens with zero attached hydrogens (tertiary/aromatic N) is 4. The Morgan fingerprint density at radius 3 is 2.73 bits per heavy atom. The quantitative estimate of drug-likeness (QED) is 0.732. The molecule has 6 heteroatoms. The van der Waals surface area contributed by atoms with Crippen LogP contribution in [0, 0.1) is 6.92 Å². The number of likely N-dealkylation sites (tertiary alicyclic amines) is 1. The molecule has 2 aromatic rings. The summed E-state index contributed by atoms with van der Waals surface area (Å²) in [6, 6.07) is 10.3. The van der Waals surface area contributed by atoms with Crippen LogP contribution in [-0.2, 0) is 22.4 Å². The Morgan fingerprint density at radius 1 is 1.17 bits per heavy atom. The van der Waals surface area contributed by atoms with E-state index in [0.717, 1.165) is 55.7 Å². The summed E-state index contributed by atoms with van der Waals surface area (Å²) in [5.41, 5.74) is 3.08. The van der Waals surface area contributed by atoms with Crippen molar-refractivity contribution >= 4 is 17.6 Å². The Hall–Kier alpha value is -2.76. The molecule has 2 aliphatic rings. The molecule has 0 aliphatic carbocycles. The van der Waals surface area contributed by atoms with Crippen molar-refractivity contribution in [2.75, 3.05) is 18.0 Å².